The van der Waals surface area contributed by atoms with Crippen LogP contribution in [0.5, 0.6) is 11.5 Å². The molecule has 0 radical (unpaired) electrons. The van der Waals surface area contributed by atoms with Gasteiger partial charge in [-0.1, -0.05) is 94.8 Å². The van der Waals surface area contributed by atoms with E-state index in [2.05, 4.69) is 62.3 Å². The van der Waals surface area contributed by atoms with Gasteiger partial charge in [-0.15, -0.1) is 0 Å². The van der Waals surface area contributed by atoms with Gasteiger partial charge in [0.25, 0.3) is 0 Å². The van der Waals surface area contributed by atoms with Crippen molar-refractivity contribution in [3.05, 3.63) is 45.5 Å². The Hall–Kier alpha value is -1.69. The first-order valence-corrected chi connectivity index (χ1v) is 12.4. The molecule has 3 rings (SSSR count). The van der Waals surface area contributed by atoms with Crippen LogP contribution in [0.4, 0.5) is 17.6 Å². The predicted octanol–water partition coefficient (Wildman–Crippen LogP) is 9.69. The summed E-state index contributed by atoms with van der Waals surface area (Å²) >= 11 is 0.933. The molecular weight excluding hydrogens is 460 g/mol. The van der Waals surface area contributed by atoms with Gasteiger partial charge in [0, 0.05) is 5.56 Å². The maximum Gasteiger partial charge on any atom is 0.205 e. The number of halogens is 4. The molecule has 0 aromatic heterocycles. The monoisotopic (exact) mass is 496 g/mol. The fourth-order valence-corrected chi connectivity index (χ4v) is 6.16. The van der Waals surface area contributed by atoms with E-state index in [1.165, 1.54) is 0 Å². The fourth-order valence-electron chi connectivity index (χ4n) is 4.81. The highest BCUT2D eigenvalue weighted by Gasteiger charge is 2.44. The molecule has 34 heavy (non-hydrogen) atoms. The molecule has 2 aromatic rings. The van der Waals surface area contributed by atoms with Crippen LogP contribution in [0.25, 0.3) is 0 Å². The van der Waals surface area contributed by atoms with E-state index in [9.17, 15) is 17.6 Å². The summed E-state index contributed by atoms with van der Waals surface area (Å²) in [4.78, 5) is 0.268. The molecule has 0 amide bonds. The first-order chi connectivity index (χ1) is 15.1. The van der Waals surface area contributed by atoms with Gasteiger partial charge in [0.2, 0.25) is 11.6 Å². The van der Waals surface area contributed by atoms with Gasteiger partial charge in [0.15, 0.2) is 17.4 Å². The van der Waals surface area contributed by atoms with Gasteiger partial charge in [0.1, 0.15) is 5.75 Å². The molecule has 0 bridgehead atoms. The van der Waals surface area contributed by atoms with Gasteiger partial charge in [-0.05, 0) is 38.4 Å². The molecule has 1 heterocycles. The second-order valence-corrected chi connectivity index (χ2v) is 14.3. The Morgan fingerprint density at radius 2 is 0.824 bits per heavy atom. The zero-order valence-electron chi connectivity index (χ0n) is 22.3. The average molecular weight is 497 g/mol. The Morgan fingerprint density at radius 3 is 1.24 bits per heavy atom. The maximum atomic E-state index is 14.9. The lowest BCUT2D eigenvalue weighted by Crippen LogP contribution is -2.33. The molecule has 0 aliphatic carbocycles. The average Bonchev–Trinajstić information content (AvgIpc) is 2.64. The quantitative estimate of drug-likeness (QED) is 0.174. The number of hydrogen-bond acceptors (Lipinski definition) is 2. The summed E-state index contributed by atoms with van der Waals surface area (Å²) in [7, 11) is 0. The highest BCUT2D eigenvalue weighted by atomic mass is 32.2. The molecule has 0 saturated heterocycles. The Balaban J connectivity index is 2.66. The van der Waals surface area contributed by atoms with Crippen LogP contribution in [-0.4, -0.2) is 0 Å². The molecule has 0 spiro atoms. The minimum absolute atomic E-state index is 0.293. The summed E-state index contributed by atoms with van der Waals surface area (Å²) in [6, 6.07) is 0. The van der Waals surface area contributed by atoms with Crippen LogP contribution in [0.3, 0.4) is 0 Å². The number of hydrogen-bond donors (Lipinski definition) is 0. The molecule has 0 N–H and O–H groups in total. The van der Waals surface area contributed by atoms with Gasteiger partial charge in [0.05, 0.1) is 9.79 Å². The lowest BCUT2D eigenvalue weighted by Gasteiger charge is -2.43. The van der Waals surface area contributed by atoms with E-state index in [-0.39, 0.29) is 15.7 Å². The Morgan fingerprint density at radius 1 is 0.441 bits per heavy atom. The summed E-state index contributed by atoms with van der Waals surface area (Å²) in [6.45, 7) is 25.2. The molecule has 0 fully saturated rings. The highest BCUT2D eigenvalue weighted by molar-refractivity contribution is 7.99. The van der Waals surface area contributed by atoms with Crippen LogP contribution in [-0.2, 0) is 21.7 Å². The molecule has 6 heteroatoms. The molecular formula is C28H36F4OS. The number of ether oxygens (including phenoxy) is 1. The predicted molar refractivity (Wildman–Crippen MR) is 132 cm³/mol. The minimum Gasteiger partial charge on any atom is -0.451 e. The van der Waals surface area contributed by atoms with Crippen molar-refractivity contribution in [1.82, 2.24) is 0 Å². The van der Waals surface area contributed by atoms with Crippen LogP contribution in [0.15, 0.2) is 9.79 Å². The normalized spacial score (nSPS) is 14.6. The van der Waals surface area contributed by atoms with Crippen molar-refractivity contribution in [3.8, 4) is 11.5 Å². The zero-order chi connectivity index (χ0) is 26.3. The summed E-state index contributed by atoms with van der Waals surface area (Å²) < 4.78 is 64.2. The van der Waals surface area contributed by atoms with E-state index in [1.54, 1.807) is 0 Å². The molecule has 1 aliphatic rings. The van der Waals surface area contributed by atoms with Crippen molar-refractivity contribution in [2.24, 2.45) is 0 Å². The first kappa shape index (κ1) is 26.9. The second kappa shape index (κ2) is 7.91. The third kappa shape index (κ3) is 4.25. The van der Waals surface area contributed by atoms with Gasteiger partial charge in [-0.3, -0.25) is 0 Å². The van der Waals surface area contributed by atoms with E-state index in [1.807, 2.05) is 20.8 Å². The van der Waals surface area contributed by atoms with Crippen LogP contribution in [0.2, 0.25) is 0 Å². The third-order valence-corrected chi connectivity index (χ3v) is 7.16. The number of fused-ring (bicyclic) bond motifs is 2. The highest BCUT2D eigenvalue weighted by Crippen LogP contribution is 2.60. The molecule has 0 saturated carbocycles. The van der Waals surface area contributed by atoms with E-state index in [0.29, 0.717) is 10.6 Å². The smallest absolute Gasteiger partial charge is 0.205 e. The Labute approximate surface area is 205 Å². The topological polar surface area (TPSA) is 9.23 Å². The van der Waals surface area contributed by atoms with Crippen molar-refractivity contribution < 1.29 is 22.3 Å². The molecule has 1 nitrogen and oxygen atoms in total. The van der Waals surface area contributed by atoms with Gasteiger partial charge < -0.3 is 4.74 Å². The van der Waals surface area contributed by atoms with Crippen molar-refractivity contribution in [2.45, 2.75) is 115 Å². The Bertz CT molecular complexity index is 1080. The standard InChI is InChI=1S/C28H36F4OS/c1-25(2,3)13-14(26(4,5)6)16(28(10,11)12)23-21(15(13)27(7,8)9)33-22-19(31)17(29)18(30)20(32)24(22)34-23/h1-12H3. The van der Waals surface area contributed by atoms with Crippen LogP contribution >= 0.6 is 11.8 Å². The Kier molecular flexibility index (Phi) is 6.26. The summed E-state index contributed by atoms with van der Waals surface area (Å²) in [6.07, 6.45) is 0. The van der Waals surface area contributed by atoms with Gasteiger partial charge in [-0.2, -0.15) is 4.39 Å². The van der Waals surface area contributed by atoms with Crippen molar-refractivity contribution >= 4 is 11.8 Å². The van der Waals surface area contributed by atoms with Crippen molar-refractivity contribution in [3.63, 3.8) is 0 Å². The summed E-state index contributed by atoms with van der Waals surface area (Å²) in [5.41, 5.74) is 2.59. The van der Waals surface area contributed by atoms with E-state index in [0.717, 1.165) is 34.0 Å². The van der Waals surface area contributed by atoms with Crippen LogP contribution in [0.1, 0.15) is 105 Å². The lowest BCUT2D eigenvalue weighted by molar-refractivity contribution is 0.339. The van der Waals surface area contributed by atoms with Gasteiger partial charge >= 0.3 is 0 Å². The van der Waals surface area contributed by atoms with E-state index in [4.69, 9.17) is 4.74 Å². The molecule has 0 unspecified atom stereocenters. The van der Waals surface area contributed by atoms with Gasteiger partial charge in [-0.25, -0.2) is 13.2 Å². The van der Waals surface area contributed by atoms with Crippen LogP contribution in [0, 0.1) is 23.3 Å². The summed E-state index contributed by atoms with van der Waals surface area (Å²) in [5.74, 6) is -6.83. The van der Waals surface area contributed by atoms with E-state index < -0.39 is 39.8 Å². The summed E-state index contributed by atoms with van der Waals surface area (Å²) in [5, 5.41) is 0. The van der Waals surface area contributed by atoms with Crippen LogP contribution < -0.4 is 4.74 Å². The maximum absolute atomic E-state index is 14.9. The molecule has 1 aliphatic heterocycles. The molecule has 188 valence electrons. The second-order valence-electron chi connectivity index (χ2n) is 13.3. The SMILES string of the molecule is CC(C)(C)c1c2c(c(C(C)(C)C)c(C(C)(C)C)c1C(C)(C)C)Sc1c(F)c(F)c(F)c(F)c1O2. The first-order valence-electron chi connectivity index (χ1n) is 11.6. The van der Waals surface area contributed by atoms with Crippen molar-refractivity contribution in [2.75, 3.05) is 0 Å². The van der Waals surface area contributed by atoms with Crippen molar-refractivity contribution in [1.29, 1.82) is 0 Å². The lowest BCUT2D eigenvalue weighted by atomic mass is 9.64. The third-order valence-electron chi connectivity index (χ3n) is 6.00. The molecule has 0 atom stereocenters. The zero-order valence-corrected chi connectivity index (χ0v) is 23.1. The number of benzene rings is 2. The number of rotatable bonds is 0. The minimum atomic E-state index is -1.86. The van der Waals surface area contributed by atoms with E-state index >= 15 is 0 Å². The fraction of sp³-hybridized carbons (Fsp3) is 0.571. The largest absolute Gasteiger partial charge is 0.451 e. The molecule has 2 aromatic carbocycles.